The number of benzene rings is 1. The van der Waals surface area contributed by atoms with Crippen LogP contribution in [-0.4, -0.2) is 22.2 Å². The van der Waals surface area contributed by atoms with E-state index < -0.39 is 6.16 Å². The maximum Gasteiger partial charge on any atom is 0.511 e. The Kier molecular flexibility index (Phi) is 8.67. The number of rotatable bonds is 10. The van der Waals surface area contributed by atoms with Crippen LogP contribution in [0.25, 0.3) is 0 Å². The van der Waals surface area contributed by atoms with Gasteiger partial charge in [-0.1, -0.05) is 44.2 Å². The van der Waals surface area contributed by atoms with Gasteiger partial charge in [0, 0.05) is 5.88 Å². The second-order valence-corrected chi connectivity index (χ2v) is 5.42. The van der Waals surface area contributed by atoms with Crippen molar-refractivity contribution in [2.24, 2.45) is 0 Å². The number of hydrogen-bond acceptors (Lipinski definition) is 3. The number of phenols is 1. The van der Waals surface area contributed by atoms with E-state index >= 15 is 0 Å². The van der Waals surface area contributed by atoms with Crippen molar-refractivity contribution in [3.8, 4) is 11.5 Å². The molecule has 1 aromatic carbocycles. The van der Waals surface area contributed by atoms with Crippen LogP contribution >= 0.6 is 11.6 Å². The first-order chi connectivity index (χ1) is 10.1. The van der Waals surface area contributed by atoms with Crippen molar-refractivity contribution >= 4 is 17.8 Å². The van der Waals surface area contributed by atoms with Crippen molar-refractivity contribution < 1.29 is 19.7 Å². The van der Waals surface area contributed by atoms with Crippen molar-refractivity contribution in [3.05, 3.63) is 23.8 Å². The first-order valence-corrected chi connectivity index (χ1v) is 7.96. The lowest BCUT2D eigenvalue weighted by Gasteiger charge is -2.08. The van der Waals surface area contributed by atoms with Gasteiger partial charge in [0.2, 0.25) is 0 Å². The predicted molar refractivity (Wildman–Crippen MR) is 83.5 cm³/mol. The fourth-order valence-electron chi connectivity index (χ4n) is 2.24. The Morgan fingerprint density at radius 1 is 1.05 bits per heavy atom. The van der Waals surface area contributed by atoms with Crippen LogP contribution in [0.3, 0.4) is 0 Å². The summed E-state index contributed by atoms with van der Waals surface area (Å²) in [6.45, 7) is 0. The van der Waals surface area contributed by atoms with Crippen LogP contribution in [-0.2, 0) is 6.42 Å². The molecule has 0 unspecified atom stereocenters. The summed E-state index contributed by atoms with van der Waals surface area (Å²) in [5, 5.41) is 18.5. The molecule has 4 nitrogen and oxygen atoms in total. The van der Waals surface area contributed by atoms with Crippen molar-refractivity contribution in [3.63, 3.8) is 0 Å². The molecule has 1 aromatic rings. The Bertz CT molecular complexity index is 434. The molecule has 1 rings (SSSR count). The number of alkyl halides is 1. The molecule has 0 bridgehead atoms. The molecule has 0 aliphatic heterocycles. The predicted octanol–water partition coefficient (Wildman–Crippen LogP) is 4.96. The first kappa shape index (κ1) is 17.6. The van der Waals surface area contributed by atoms with E-state index in [0.717, 1.165) is 37.1 Å². The smallest absolute Gasteiger partial charge is 0.504 e. The number of aryl methyl sites for hydroxylation is 1. The van der Waals surface area contributed by atoms with Gasteiger partial charge >= 0.3 is 6.16 Å². The monoisotopic (exact) mass is 314 g/mol. The number of unbranched alkanes of at least 4 members (excludes halogenated alkanes) is 6. The van der Waals surface area contributed by atoms with Crippen LogP contribution < -0.4 is 4.74 Å². The van der Waals surface area contributed by atoms with Gasteiger partial charge in [-0.3, -0.25) is 0 Å². The third-order valence-corrected chi connectivity index (χ3v) is 3.63. The third-order valence-electron chi connectivity index (χ3n) is 3.36. The number of carbonyl (C=O) groups is 1. The van der Waals surface area contributed by atoms with Gasteiger partial charge in [-0.25, -0.2) is 4.79 Å². The maximum atomic E-state index is 10.5. The summed E-state index contributed by atoms with van der Waals surface area (Å²) in [4.78, 5) is 10.5. The standard InChI is InChI=1S/C16H23ClO4/c17-12-7-5-3-1-2-4-6-9-13-10-8-11-14(15(13)18)21-16(19)20/h8,10-11,18H,1-7,9,12H2,(H,19,20). The molecule has 5 heteroatoms. The largest absolute Gasteiger partial charge is 0.511 e. The molecular weight excluding hydrogens is 292 g/mol. The van der Waals surface area contributed by atoms with Gasteiger partial charge in [0.1, 0.15) is 0 Å². The molecule has 0 aliphatic rings. The highest BCUT2D eigenvalue weighted by Gasteiger charge is 2.10. The molecule has 2 N–H and O–H groups in total. The molecule has 118 valence electrons. The minimum atomic E-state index is -1.42. The van der Waals surface area contributed by atoms with E-state index in [1.54, 1.807) is 12.1 Å². The normalized spacial score (nSPS) is 10.5. The quantitative estimate of drug-likeness (QED) is 0.277. The number of phenolic OH excluding ortho intramolecular Hbond substituents is 1. The third kappa shape index (κ3) is 7.23. The lowest BCUT2D eigenvalue weighted by Crippen LogP contribution is -2.03. The molecule has 0 aliphatic carbocycles. The topological polar surface area (TPSA) is 66.8 Å². The summed E-state index contributed by atoms with van der Waals surface area (Å²) < 4.78 is 4.52. The molecule has 0 atom stereocenters. The number of para-hydroxylation sites is 1. The fourth-order valence-corrected chi connectivity index (χ4v) is 2.43. The minimum absolute atomic E-state index is 0.000995. The Morgan fingerprint density at radius 3 is 2.29 bits per heavy atom. The highest BCUT2D eigenvalue weighted by molar-refractivity contribution is 6.17. The molecule has 0 amide bonds. The van der Waals surface area contributed by atoms with Crippen molar-refractivity contribution in [2.75, 3.05) is 5.88 Å². The summed E-state index contributed by atoms with van der Waals surface area (Å²) in [6, 6.07) is 4.94. The molecule has 0 fully saturated rings. The Hall–Kier alpha value is -1.42. The summed E-state index contributed by atoms with van der Waals surface area (Å²) in [6.07, 6.45) is 7.28. The summed E-state index contributed by atoms with van der Waals surface area (Å²) in [7, 11) is 0. The molecule has 0 radical (unpaired) electrons. The van der Waals surface area contributed by atoms with E-state index in [4.69, 9.17) is 16.7 Å². The Morgan fingerprint density at radius 2 is 1.67 bits per heavy atom. The van der Waals surface area contributed by atoms with Gasteiger partial charge in [0.15, 0.2) is 11.5 Å². The van der Waals surface area contributed by atoms with Crippen molar-refractivity contribution in [1.29, 1.82) is 0 Å². The van der Waals surface area contributed by atoms with Crippen LogP contribution in [0.4, 0.5) is 4.79 Å². The average molecular weight is 315 g/mol. The van der Waals surface area contributed by atoms with Gasteiger partial charge in [-0.05, 0) is 30.9 Å². The highest BCUT2D eigenvalue weighted by Crippen LogP contribution is 2.31. The molecule has 0 spiro atoms. The minimum Gasteiger partial charge on any atom is -0.504 e. The number of carboxylic acid groups (broad SMARTS) is 1. The second kappa shape index (κ2) is 10.3. The van der Waals surface area contributed by atoms with E-state index in [2.05, 4.69) is 4.74 Å². The van der Waals surface area contributed by atoms with Crippen LogP contribution in [0.15, 0.2) is 18.2 Å². The second-order valence-electron chi connectivity index (χ2n) is 5.05. The van der Waals surface area contributed by atoms with Gasteiger partial charge in [-0.15, -0.1) is 11.6 Å². The summed E-state index contributed by atoms with van der Waals surface area (Å²) >= 11 is 5.62. The van der Waals surface area contributed by atoms with Crippen molar-refractivity contribution in [2.45, 2.75) is 51.4 Å². The molecule has 0 saturated heterocycles. The number of halogens is 1. The van der Waals surface area contributed by atoms with Gasteiger partial charge in [-0.2, -0.15) is 0 Å². The number of ether oxygens (including phenoxy) is 1. The summed E-state index contributed by atoms with van der Waals surface area (Å²) in [5.74, 6) is 0.677. The first-order valence-electron chi connectivity index (χ1n) is 7.42. The molecule has 0 saturated carbocycles. The molecular formula is C16H23ClO4. The maximum absolute atomic E-state index is 10.5. The van der Waals surface area contributed by atoms with Gasteiger partial charge in [0.25, 0.3) is 0 Å². The molecule has 0 aromatic heterocycles. The van der Waals surface area contributed by atoms with E-state index in [9.17, 15) is 9.90 Å². The van der Waals surface area contributed by atoms with E-state index in [1.807, 2.05) is 0 Å². The zero-order valence-electron chi connectivity index (χ0n) is 12.2. The Labute approximate surface area is 130 Å². The SMILES string of the molecule is O=C(O)Oc1cccc(CCCCCCCCCCl)c1O. The summed E-state index contributed by atoms with van der Waals surface area (Å²) in [5.41, 5.74) is 0.732. The lowest BCUT2D eigenvalue weighted by molar-refractivity contribution is 0.143. The molecule has 21 heavy (non-hydrogen) atoms. The number of aromatic hydroxyl groups is 1. The highest BCUT2D eigenvalue weighted by atomic mass is 35.5. The zero-order chi connectivity index (χ0) is 15.5. The Balaban J connectivity index is 2.27. The zero-order valence-corrected chi connectivity index (χ0v) is 12.9. The number of hydrogen-bond donors (Lipinski definition) is 2. The van der Waals surface area contributed by atoms with Crippen LogP contribution in [0.2, 0.25) is 0 Å². The van der Waals surface area contributed by atoms with Gasteiger partial charge in [0.05, 0.1) is 0 Å². The molecule has 0 heterocycles. The van der Waals surface area contributed by atoms with E-state index in [-0.39, 0.29) is 11.5 Å². The van der Waals surface area contributed by atoms with Crippen LogP contribution in [0.5, 0.6) is 11.5 Å². The fraction of sp³-hybridized carbons (Fsp3) is 0.562. The van der Waals surface area contributed by atoms with E-state index in [1.165, 1.54) is 31.7 Å². The van der Waals surface area contributed by atoms with Crippen molar-refractivity contribution in [1.82, 2.24) is 0 Å². The lowest BCUT2D eigenvalue weighted by atomic mass is 10.0. The van der Waals surface area contributed by atoms with Crippen LogP contribution in [0, 0.1) is 0 Å². The van der Waals surface area contributed by atoms with Gasteiger partial charge < -0.3 is 14.9 Å². The van der Waals surface area contributed by atoms with E-state index in [0.29, 0.717) is 0 Å². The van der Waals surface area contributed by atoms with Crippen LogP contribution in [0.1, 0.15) is 50.5 Å². The average Bonchev–Trinajstić information content (AvgIpc) is 2.45.